The van der Waals surface area contributed by atoms with Crippen molar-refractivity contribution < 1.29 is 0 Å². The number of hydrogen-bond donors (Lipinski definition) is 2. The molecule has 1 saturated carbocycles. The zero-order valence-corrected chi connectivity index (χ0v) is 11.8. The zero-order valence-electron chi connectivity index (χ0n) is 11.0. The Balaban J connectivity index is 1.70. The van der Waals surface area contributed by atoms with E-state index in [1.165, 1.54) is 12.8 Å². The van der Waals surface area contributed by atoms with Gasteiger partial charge >= 0.3 is 0 Å². The van der Waals surface area contributed by atoms with Gasteiger partial charge in [-0.05, 0) is 31.9 Å². The second-order valence-electron chi connectivity index (χ2n) is 5.14. The van der Waals surface area contributed by atoms with E-state index in [2.05, 4.69) is 22.2 Å². The van der Waals surface area contributed by atoms with Crippen molar-refractivity contribution in [1.29, 1.82) is 0 Å². The number of benzene rings is 1. The molecule has 1 heterocycles. The van der Waals surface area contributed by atoms with Gasteiger partial charge in [0.2, 0.25) is 0 Å². The van der Waals surface area contributed by atoms with Crippen LogP contribution in [0.3, 0.4) is 0 Å². The third kappa shape index (κ3) is 3.17. The molecule has 3 rings (SSSR count). The molecule has 1 fully saturated rings. The summed E-state index contributed by atoms with van der Waals surface area (Å²) in [5.74, 6) is 1.05. The summed E-state index contributed by atoms with van der Waals surface area (Å²) in [6, 6.07) is 8.58. The molecule has 100 valence electrons. The zero-order chi connectivity index (χ0) is 13.2. The second kappa shape index (κ2) is 5.35. The van der Waals surface area contributed by atoms with Crippen LogP contribution in [0.15, 0.2) is 24.3 Å². The standard InChI is InChI=1S/C15H18ClN3/c1-10-15(11-2-4-12(16)5-3-11)19-14(18-10)8-9-17-13-6-7-13/h2-5,13,17H,6-9H2,1H3,(H,18,19). The Hall–Kier alpha value is -1.32. The number of H-pyrrole nitrogens is 1. The number of hydrogen-bond acceptors (Lipinski definition) is 2. The average molecular weight is 276 g/mol. The molecular weight excluding hydrogens is 258 g/mol. The first kappa shape index (κ1) is 12.7. The third-order valence-corrected chi connectivity index (χ3v) is 3.68. The summed E-state index contributed by atoms with van der Waals surface area (Å²) < 4.78 is 0. The molecule has 0 spiro atoms. The lowest BCUT2D eigenvalue weighted by atomic mass is 10.1. The van der Waals surface area contributed by atoms with E-state index in [1.807, 2.05) is 24.3 Å². The van der Waals surface area contributed by atoms with E-state index in [1.54, 1.807) is 0 Å². The Morgan fingerprint density at radius 3 is 2.74 bits per heavy atom. The number of aromatic nitrogens is 2. The van der Waals surface area contributed by atoms with Crippen molar-refractivity contribution in [3.05, 3.63) is 40.8 Å². The van der Waals surface area contributed by atoms with E-state index in [9.17, 15) is 0 Å². The van der Waals surface area contributed by atoms with Crippen LogP contribution in [0, 0.1) is 6.92 Å². The van der Waals surface area contributed by atoms with E-state index < -0.39 is 0 Å². The van der Waals surface area contributed by atoms with Crippen LogP contribution >= 0.6 is 11.6 Å². The maximum Gasteiger partial charge on any atom is 0.108 e. The van der Waals surface area contributed by atoms with Crippen LogP contribution in [0.2, 0.25) is 5.02 Å². The lowest BCUT2D eigenvalue weighted by Crippen LogP contribution is -2.19. The molecule has 0 bridgehead atoms. The van der Waals surface area contributed by atoms with Crippen molar-refractivity contribution in [2.75, 3.05) is 6.54 Å². The van der Waals surface area contributed by atoms with Crippen molar-refractivity contribution in [3.8, 4) is 11.3 Å². The summed E-state index contributed by atoms with van der Waals surface area (Å²) in [5.41, 5.74) is 3.25. The van der Waals surface area contributed by atoms with Crippen LogP contribution in [0.5, 0.6) is 0 Å². The van der Waals surface area contributed by atoms with Crippen LogP contribution in [-0.4, -0.2) is 22.6 Å². The van der Waals surface area contributed by atoms with Crippen molar-refractivity contribution in [2.24, 2.45) is 0 Å². The van der Waals surface area contributed by atoms with Crippen molar-refractivity contribution in [1.82, 2.24) is 15.3 Å². The average Bonchev–Trinajstić information content (AvgIpc) is 3.14. The number of rotatable bonds is 5. The van der Waals surface area contributed by atoms with Gasteiger partial charge < -0.3 is 10.3 Å². The van der Waals surface area contributed by atoms with Gasteiger partial charge in [0.15, 0.2) is 0 Å². The highest BCUT2D eigenvalue weighted by molar-refractivity contribution is 6.30. The number of nitrogens with one attached hydrogen (secondary N) is 2. The molecule has 0 unspecified atom stereocenters. The van der Waals surface area contributed by atoms with Gasteiger partial charge in [-0.2, -0.15) is 0 Å². The quantitative estimate of drug-likeness (QED) is 0.879. The third-order valence-electron chi connectivity index (χ3n) is 3.42. The van der Waals surface area contributed by atoms with Crippen molar-refractivity contribution in [3.63, 3.8) is 0 Å². The normalized spacial score (nSPS) is 14.8. The summed E-state index contributed by atoms with van der Waals surface area (Å²) >= 11 is 5.91. The Labute approximate surface area is 118 Å². The molecular formula is C15H18ClN3. The van der Waals surface area contributed by atoms with Gasteiger partial charge in [-0.25, -0.2) is 4.98 Å². The highest BCUT2D eigenvalue weighted by Gasteiger charge is 2.20. The molecule has 0 amide bonds. The Bertz CT molecular complexity index is 555. The topological polar surface area (TPSA) is 40.7 Å². The van der Waals surface area contributed by atoms with E-state index in [0.717, 1.165) is 46.8 Å². The lowest BCUT2D eigenvalue weighted by Gasteiger charge is -1.99. The summed E-state index contributed by atoms with van der Waals surface area (Å²) in [4.78, 5) is 8.06. The largest absolute Gasteiger partial charge is 0.346 e. The molecule has 0 aliphatic heterocycles. The SMILES string of the molecule is Cc1[nH]c(CCNC2CC2)nc1-c1ccc(Cl)cc1. The van der Waals surface area contributed by atoms with E-state index in [4.69, 9.17) is 11.6 Å². The Morgan fingerprint density at radius 2 is 2.05 bits per heavy atom. The Kier molecular flexibility index (Phi) is 3.58. The van der Waals surface area contributed by atoms with Crippen molar-refractivity contribution >= 4 is 11.6 Å². The summed E-state index contributed by atoms with van der Waals surface area (Å²) in [6.07, 6.45) is 3.60. The first-order valence-corrected chi connectivity index (χ1v) is 7.15. The molecule has 0 saturated heterocycles. The monoisotopic (exact) mass is 275 g/mol. The first-order chi connectivity index (χ1) is 9.22. The molecule has 1 aliphatic carbocycles. The molecule has 2 N–H and O–H groups in total. The van der Waals surface area contributed by atoms with E-state index in [-0.39, 0.29) is 0 Å². The van der Waals surface area contributed by atoms with Crippen molar-refractivity contribution in [2.45, 2.75) is 32.2 Å². The minimum Gasteiger partial charge on any atom is -0.346 e. The van der Waals surface area contributed by atoms with Gasteiger partial charge in [0, 0.05) is 35.3 Å². The Morgan fingerprint density at radius 1 is 1.32 bits per heavy atom. The van der Waals surface area contributed by atoms with Gasteiger partial charge in [-0.15, -0.1) is 0 Å². The number of aryl methyl sites for hydroxylation is 1. The summed E-state index contributed by atoms with van der Waals surface area (Å²) in [5, 5.41) is 4.26. The molecule has 0 atom stereocenters. The molecule has 4 heteroatoms. The minimum absolute atomic E-state index is 0.755. The highest BCUT2D eigenvalue weighted by Crippen LogP contribution is 2.23. The van der Waals surface area contributed by atoms with Gasteiger partial charge in [-0.1, -0.05) is 23.7 Å². The van der Waals surface area contributed by atoms with Crippen LogP contribution in [-0.2, 0) is 6.42 Å². The molecule has 2 aromatic rings. The fourth-order valence-electron chi connectivity index (χ4n) is 2.21. The van der Waals surface area contributed by atoms with Crippen LogP contribution in [0.1, 0.15) is 24.4 Å². The second-order valence-corrected chi connectivity index (χ2v) is 5.58. The highest BCUT2D eigenvalue weighted by atomic mass is 35.5. The molecule has 0 radical (unpaired) electrons. The summed E-state index contributed by atoms with van der Waals surface area (Å²) in [6.45, 7) is 3.06. The fourth-order valence-corrected chi connectivity index (χ4v) is 2.34. The maximum atomic E-state index is 5.91. The fraction of sp³-hybridized carbons (Fsp3) is 0.400. The van der Waals surface area contributed by atoms with Gasteiger partial charge in [0.25, 0.3) is 0 Å². The van der Waals surface area contributed by atoms with Crippen LogP contribution < -0.4 is 5.32 Å². The number of aromatic amines is 1. The molecule has 3 nitrogen and oxygen atoms in total. The van der Waals surface area contributed by atoms with Crippen LogP contribution in [0.25, 0.3) is 11.3 Å². The lowest BCUT2D eigenvalue weighted by molar-refractivity contribution is 0.669. The smallest absolute Gasteiger partial charge is 0.108 e. The number of nitrogens with zero attached hydrogens (tertiary/aromatic N) is 1. The number of halogens is 1. The van der Waals surface area contributed by atoms with Crippen LogP contribution in [0.4, 0.5) is 0 Å². The molecule has 1 aliphatic rings. The van der Waals surface area contributed by atoms with E-state index in [0.29, 0.717) is 0 Å². The summed E-state index contributed by atoms with van der Waals surface area (Å²) in [7, 11) is 0. The van der Waals surface area contributed by atoms with Gasteiger partial charge in [-0.3, -0.25) is 0 Å². The molecule has 19 heavy (non-hydrogen) atoms. The predicted molar refractivity (Wildman–Crippen MR) is 78.5 cm³/mol. The van der Waals surface area contributed by atoms with E-state index >= 15 is 0 Å². The number of imidazole rings is 1. The minimum atomic E-state index is 0.755. The first-order valence-electron chi connectivity index (χ1n) is 6.77. The maximum absolute atomic E-state index is 5.91. The predicted octanol–water partition coefficient (Wildman–Crippen LogP) is 3.33. The molecule has 1 aromatic carbocycles. The van der Waals surface area contributed by atoms with Gasteiger partial charge in [0.1, 0.15) is 5.82 Å². The molecule has 1 aromatic heterocycles. The van der Waals surface area contributed by atoms with Gasteiger partial charge in [0.05, 0.1) is 5.69 Å².